The van der Waals surface area contributed by atoms with Crippen LogP contribution in [0.2, 0.25) is 0 Å². The van der Waals surface area contributed by atoms with Crippen LogP contribution in [-0.2, 0) is 10.2 Å². The summed E-state index contributed by atoms with van der Waals surface area (Å²) in [5.74, 6) is 0.102. The van der Waals surface area contributed by atoms with E-state index in [2.05, 4.69) is 0 Å². The predicted octanol–water partition coefficient (Wildman–Crippen LogP) is 2.09. The average Bonchev–Trinajstić information content (AvgIpc) is 3.29. The van der Waals surface area contributed by atoms with Crippen LogP contribution in [0.3, 0.4) is 0 Å². The van der Waals surface area contributed by atoms with E-state index >= 15 is 0 Å². The van der Waals surface area contributed by atoms with Gasteiger partial charge in [-0.15, -0.1) is 0 Å². The number of halogens is 1. The molecule has 4 heteroatoms. The summed E-state index contributed by atoms with van der Waals surface area (Å²) in [5, 5.41) is 9.15. The Kier molecular flexibility index (Phi) is 3.50. The summed E-state index contributed by atoms with van der Waals surface area (Å²) in [6.45, 7) is 1.56. The molecular formula is C16H20FNO2. The van der Waals surface area contributed by atoms with Gasteiger partial charge in [-0.2, -0.15) is 0 Å². The molecule has 3 rings (SSSR count). The number of amides is 1. The van der Waals surface area contributed by atoms with Crippen LogP contribution in [0.15, 0.2) is 24.3 Å². The highest BCUT2D eigenvalue weighted by atomic mass is 19.1. The molecule has 1 saturated carbocycles. The van der Waals surface area contributed by atoms with Crippen LogP contribution in [0.25, 0.3) is 0 Å². The minimum absolute atomic E-state index is 0.0685. The minimum Gasteiger partial charge on any atom is -0.396 e. The Morgan fingerprint density at radius 3 is 2.50 bits per heavy atom. The Bertz CT molecular complexity index is 505. The molecule has 0 unspecified atom stereocenters. The van der Waals surface area contributed by atoms with Crippen LogP contribution in [0.4, 0.5) is 4.39 Å². The third-order valence-corrected chi connectivity index (χ3v) is 4.71. The lowest BCUT2D eigenvalue weighted by atomic mass is 9.91. The van der Waals surface area contributed by atoms with E-state index in [0.717, 1.165) is 25.7 Å². The zero-order valence-electron chi connectivity index (χ0n) is 11.5. The number of carbonyl (C=O) groups excluding carboxylic acids is 1. The number of piperidine rings is 1. The first-order valence-electron chi connectivity index (χ1n) is 7.32. The maximum Gasteiger partial charge on any atom is 0.233 e. The summed E-state index contributed by atoms with van der Waals surface area (Å²) in [5.41, 5.74) is -0.0634. The molecule has 20 heavy (non-hydrogen) atoms. The molecule has 1 aliphatic heterocycles. The first-order chi connectivity index (χ1) is 9.67. The van der Waals surface area contributed by atoms with Gasteiger partial charge in [0.2, 0.25) is 5.91 Å². The summed E-state index contributed by atoms with van der Waals surface area (Å²) < 4.78 is 14.0. The van der Waals surface area contributed by atoms with E-state index in [1.54, 1.807) is 18.2 Å². The Morgan fingerprint density at radius 2 is 1.95 bits per heavy atom. The zero-order valence-corrected chi connectivity index (χ0v) is 11.5. The van der Waals surface area contributed by atoms with Gasteiger partial charge in [0, 0.05) is 25.3 Å². The molecule has 0 radical (unpaired) electrons. The highest BCUT2D eigenvalue weighted by Crippen LogP contribution is 2.50. The van der Waals surface area contributed by atoms with Crippen molar-refractivity contribution in [1.29, 1.82) is 0 Å². The molecule has 1 N–H and O–H groups in total. The number of aliphatic hydroxyl groups excluding tert-OH is 1. The van der Waals surface area contributed by atoms with E-state index in [0.29, 0.717) is 24.6 Å². The van der Waals surface area contributed by atoms with Gasteiger partial charge >= 0.3 is 0 Å². The van der Waals surface area contributed by atoms with Crippen molar-refractivity contribution < 1.29 is 14.3 Å². The van der Waals surface area contributed by atoms with E-state index < -0.39 is 5.41 Å². The Balaban J connectivity index is 1.76. The van der Waals surface area contributed by atoms with Gasteiger partial charge in [-0.3, -0.25) is 4.79 Å². The first kappa shape index (κ1) is 13.6. The maximum atomic E-state index is 14.0. The fourth-order valence-corrected chi connectivity index (χ4v) is 3.19. The second-order valence-electron chi connectivity index (χ2n) is 5.98. The normalized spacial score (nSPS) is 21.8. The molecule has 1 amide bonds. The smallest absolute Gasteiger partial charge is 0.233 e. The van der Waals surface area contributed by atoms with Crippen LogP contribution in [0, 0.1) is 11.7 Å². The van der Waals surface area contributed by atoms with Crippen molar-refractivity contribution in [1.82, 2.24) is 4.90 Å². The number of aliphatic hydroxyl groups is 1. The van der Waals surface area contributed by atoms with Gasteiger partial charge in [-0.25, -0.2) is 4.39 Å². The lowest BCUT2D eigenvalue weighted by Crippen LogP contribution is -2.44. The number of nitrogens with zero attached hydrogens (tertiary/aromatic N) is 1. The van der Waals surface area contributed by atoms with Gasteiger partial charge in [-0.05, 0) is 37.7 Å². The van der Waals surface area contributed by atoms with Crippen LogP contribution in [-0.4, -0.2) is 35.6 Å². The molecule has 0 bridgehead atoms. The average molecular weight is 277 g/mol. The fourth-order valence-electron chi connectivity index (χ4n) is 3.19. The lowest BCUT2D eigenvalue weighted by Gasteiger charge is -2.34. The van der Waals surface area contributed by atoms with Crippen LogP contribution in [0.5, 0.6) is 0 Å². The van der Waals surface area contributed by atoms with E-state index in [4.69, 9.17) is 5.11 Å². The number of hydrogen-bond acceptors (Lipinski definition) is 2. The van der Waals surface area contributed by atoms with Gasteiger partial charge in [0.1, 0.15) is 5.82 Å². The SMILES string of the molecule is O=C(N1CCC(CO)CC1)C1(c2ccccc2F)CC1. The van der Waals surface area contributed by atoms with Gasteiger partial charge in [0.15, 0.2) is 0 Å². The molecule has 0 aromatic heterocycles. The number of hydrogen-bond donors (Lipinski definition) is 1. The number of likely N-dealkylation sites (tertiary alicyclic amines) is 1. The molecule has 1 saturated heterocycles. The van der Waals surface area contributed by atoms with Crippen LogP contribution >= 0.6 is 0 Å². The second-order valence-corrected chi connectivity index (χ2v) is 5.98. The topological polar surface area (TPSA) is 40.5 Å². The Hall–Kier alpha value is -1.42. The molecule has 1 aromatic rings. The van der Waals surface area contributed by atoms with Gasteiger partial charge < -0.3 is 10.0 Å². The quantitative estimate of drug-likeness (QED) is 0.919. The monoisotopic (exact) mass is 277 g/mol. The highest BCUT2D eigenvalue weighted by Gasteiger charge is 2.54. The van der Waals surface area contributed by atoms with Crippen molar-refractivity contribution >= 4 is 5.91 Å². The van der Waals surface area contributed by atoms with E-state index in [1.807, 2.05) is 4.90 Å². The lowest BCUT2D eigenvalue weighted by molar-refractivity contribution is -0.135. The van der Waals surface area contributed by atoms with Crippen molar-refractivity contribution in [3.8, 4) is 0 Å². The summed E-state index contributed by atoms with van der Waals surface area (Å²) >= 11 is 0. The van der Waals surface area contributed by atoms with Crippen molar-refractivity contribution in [2.24, 2.45) is 5.92 Å². The van der Waals surface area contributed by atoms with Gasteiger partial charge in [0.05, 0.1) is 5.41 Å². The standard InChI is InChI=1S/C16H20FNO2/c17-14-4-2-1-3-13(14)16(7-8-16)15(20)18-9-5-12(11-19)6-10-18/h1-4,12,19H,5-11H2. The fraction of sp³-hybridized carbons (Fsp3) is 0.562. The molecule has 2 aliphatic rings. The molecule has 108 valence electrons. The maximum absolute atomic E-state index is 14.0. The highest BCUT2D eigenvalue weighted by molar-refractivity contribution is 5.91. The van der Waals surface area contributed by atoms with Crippen molar-refractivity contribution in [3.05, 3.63) is 35.6 Å². The Morgan fingerprint density at radius 1 is 1.30 bits per heavy atom. The van der Waals surface area contributed by atoms with Crippen molar-refractivity contribution in [2.45, 2.75) is 31.1 Å². The molecule has 1 aliphatic carbocycles. The third kappa shape index (κ3) is 2.22. The van der Waals surface area contributed by atoms with Crippen molar-refractivity contribution in [2.75, 3.05) is 19.7 Å². The largest absolute Gasteiger partial charge is 0.396 e. The number of carbonyl (C=O) groups is 1. The van der Waals surface area contributed by atoms with E-state index in [-0.39, 0.29) is 18.3 Å². The summed E-state index contributed by atoms with van der Waals surface area (Å²) in [4.78, 5) is 14.6. The van der Waals surface area contributed by atoms with Gasteiger partial charge in [0.25, 0.3) is 0 Å². The second kappa shape index (κ2) is 5.17. The number of benzene rings is 1. The van der Waals surface area contributed by atoms with E-state index in [9.17, 15) is 9.18 Å². The Labute approximate surface area is 118 Å². The predicted molar refractivity (Wildman–Crippen MR) is 73.7 cm³/mol. The van der Waals surface area contributed by atoms with Crippen LogP contribution < -0.4 is 0 Å². The summed E-state index contributed by atoms with van der Waals surface area (Å²) in [7, 11) is 0. The first-order valence-corrected chi connectivity index (χ1v) is 7.32. The van der Waals surface area contributed by atoms with E-state index in [1.165, 1.54) is 6.07 Å². The summed E-state index contributed by atoms with van der Waals surface area (Å²) in [6.07, 6.45) is 3.17. The van der Waals surface area contributed by atoms with Crippen LogP contribution in [0.1, 0.15) is 31.2 Å². The number of rotatable bonds is 3. The molecule has 0 atom stereocenters. The molecule has 1 aromatic carbocycles. The molecule has 1 heterocycles. The van der Waals surface area contributed by atoms with Crippen molar-refractivity contribution in [3.63, 3.8) is 0 Å². The molecule has 2 fully saturated rings. The third-order valence-electron chi connectivity index (χ3n) is 4.71. The zero-order chi connectivity index (χ0) is 14.2. The minimum atomic E-state index is -0.614. The molecular weight excluding hydrogens is 257 g/mol. The summed E-state index contributed by atoms with van der Waals surface area (Å²) in [6, 6.07) is 6.62. The van der Waals surface area contributed by atoms with Gasteiger partial charge in [-0.1, -0.05) is 18.2 Å². The molecule has 0 spiro atoms. The molecule has 3 nitrogen and oxygen atoms in total.